The van der Waals surface area contributed by atoms with Crippen molar-refractivity contribution in [1.29, 1.82) is 0 Å². The molecule has 0 radical (unpaired) electrons. The minimum atomic E-state index is 0.761. The van der Waals surface area contributed by atoms with Crippen LogP contribution in [0.2, 0.25) is 0 Å². The van der Waals surface area contributed by atoms with Crippen LogP contribution in [0.5, 0.6) is 0 Å². The van der Waals surface area contributed by atoms with Gasteiger partial charge in [0.15, 0.2) is 0 Å². The largest absolute Gasteiger partial charge is 0.381 e. The third-order valence-electron chi connectivity index (χ3n) is 1.74. The lowest BCUT2D eigenvalue weighted by molar-refractivity contribution is 0.232. The van der Waals surface area contributed by atoms with Gasteiger partial charge in [0.2, 0.25) is 0 Å². The summed E-state index contributed by atoms with van der Waals surface area (Å²) in [6.07, 6.45) is 4.69. The predicted octanol–water partition coefficient (Wildman–Crippen LogP) is 0.943. The van der Waals surface area contributed by atoms with E-state index in [9.17, 15) is 0 Å². The van der Waals surface area contributed by atoms with Crippen molar-refractivity contribution in [2.75, 3.05) is 26.8 Å². The first kappa shape index (κ1) is 7.76. The minimum Gasteiger partial charge on any atom is -0.381 e. The molecule has 0 unspecified atom stereocenters. The Hall–Kier alpha value is -0.340. The van der Waals surface area contributed by atoms with Gasteiger partial charge in [0.05, 0.1) is 6.61 Å². The molecule has 10 heavy (non-hydrogen) atoms. The molecule has 0 atom stereocenters. The van der Waals surface area contributed by atoms with Crippen LogP contribution in [0.3, 0.4) is 0 Å². The summed E-state index contributed by atoms with van der Waals surface area (Å²) in [5.74, 6) is 0. The normalized spacial score (nSPS) is 23.5. The van der Waals surface area contributed by atoms with Gasteiger partial charge in [-0.2, -0.15) is 0 Å². The number of hydrogen-bond donors (Lipinski definition) is 1. The van der Waals surface area contributed by atoms with Crippen molar-refractivity contribution in [2.24, 2.45) is 0 Å². The van der Waals surface area contributed by atoms with Gasteiger partial charge in [-0.15, -0.1) is 0 Å². The maximum absolute atomic E-state index is 4.94. The smallest absolute Gasteiger partial charge is 0.0646 e. The first-order chi connectivity index (χ1) is 4.93. The van der Waals surface area contributed by atoms with E-state index in [-0.39, 0.29) is 0 Å². The second-order valence-electron chi connectivity index (χ2n) is 2.60. The highest BCUT2D eigenvalue weighted by Crippen LogP contribution is 2.07. The number of rotatable bonds is 2. The van der Waals surface area contributed by atoms with E-state index in [4.69, 9.17) is 4.74 Å². The molecule has 0 aromatic rings. The second kappa shape index (κ2) is 4.47. The zero-order valence-electron chi connectivity index (χ0n) is 6.52. The van der Waals surface area contributed by atoms with E-state index in [1.54, 1.807) is 7.11 Å². The zero-order valence-corrected chi connectivity index (χ0v) is 6.52. The number of methoxy groups -OCH3 is 1. The summed E-state index contributed by atoms with van der Waals surface area (Å²) < 4.78 is 4.94. The molecular formula is C8H15NO. The maximum Gasteiger partial charge on any atom is 0.0646 e. The van der Waals surface area contributed by atoms with Crippen molar-refractivity contribution >= 4 is 0 Å². The molecule has 1 saturated heterocycles. The van der Waals surface area contributed by atoms with Crippen LogP contribution in [0.15, 0.2) is 11.6 Å². The van der Waals surface area contributed by atoms with Gasteiger partial charge in [-0.3, -0.25) is 0 Å². The van der Waals surface area contributed by atoms with Gasteiger partial charge in [-0.1, -0.05) is 11.6 Å². The molecule has 1 rings (SSSR count). The molecule has 1 aliphatic heterocycles. The summed E-state index contributed by atoms with van der Waals surface area (Å²) in [7, 11) is 1.73. The molecule has 0 aromatic carbocycles. The molecule has 2 nitrogen and oxygen atoms in total. The predicted molar refractivity (Wildman–Crippen MR) is 42.1 cm³/mol. The van der Waals surface area contributed by atoms with Gasteiger partial charge in [-0.25, -0.2) is 0 Å². The summed E-state index contributed by atoms with van der Waals surface area (Å²) in [5, 5.41) is 3.32. The lowest BCUT2D eigenvalue weighted by atomic mass is 10.1. The fourth-order valence-electron chi connectivity index (χ4n) is 1.15. The number of nitrogens with one attached hydrogen (secondary N) is 1. The molecule has 0 aromatic heterocycles. The lowest BCUT2D eigenvalue weighted by Crippen LogP contribution is -2.23. The van der Waals surface area contributed by atoms with E-state index in [1.807, 2.05) is 0 Å². The Balaban J connectivity index is 2.23. The molecule has 1 fully saturated rings. The summed E-state index contributed by atoms with van der Waals surface area (Å²) >= 11 is 0. The number of hydrogen-bond acceptors (Lipinski definition) is 2. The first-order valence-electron chi connectivity index (χ1n) is 3.81. The maximum atomic E-state index is 4.94. The third-order valence-corrected chi connectivity index (χ3v) is 1.74. The summed E-state index contributed by atoms with van der Waals surface area (Å²) in [4.78, 5) is 0. The monoisotopic (exact) mass is 141 g/mol. The lowest BCUT2D eigenvalue weighted by Gasteiger charge is -2.14. The Morgan fingerprint density at radius 2 is 2.60 bits per heavy atom. The highest BCUT2D eigenvalue weighted by molar-refractivity contribution is 5.06. The molecular weight excluding hydrogens is 126 g/mol. The van der Waals surface area contributed by atoms with Gasteiger partial charge in [0.25, 0.3) is 0 Å². The van der Waals surface area contributed by atoms with Crippen LogP contribution in [0.4, 0.5) is 0 Å². The Morgan fingerprint density at radius 1 is 1.70 bits per heavy atom. The number of ether oxygens (including phenoxy) is 1. The molecule has 0 bridgehead atoms. The van der Waals surface area contributed by atoms with E-state index >= 15 is 0 Å². The standard InChI is InChI=1S/C8H15NO/c1-10-6-4-8-3-2-5-9-7-8/h4,9H,2-3,5-7H2,1H3/b8-4+. The van der Waals surface area contributed by atoms with Crippen LogP contribution in [0.25, 0.3) is 0 Å². The van der Waals surface area contributed by atoms with Crippen molar-refractivity contribution in [1.82, 2.24) is 5.32 Å². The molecule has 1 heterocycles. The van der Waals surface area contributed by atoms with Gasteiger partial charge >= 0.3 is 0 Å². The van der Waals surface area contributed by atoms with Crippen LogP contribution >= 0.6 is 0 Å². The molecule has 2 heteroatoms. The topological polar surface area (TPSA) is 21.3 Å². The molecule has 58 valence electrons. The van der Waals surface area contributed by atoms with Crippen molar-refractivity contribution in [3.63, 3.8) is 0 Å². The van der Waals surface area contributed by atoms with E-state index in [0.717, 1.165) is 13.2 Å². The van der Waals surface area contributed by atoms with E-state index in [2.05, 4.69) is 11.4 Å². The fourth-order valence-corrected chi connectivity index (χ4v) is 1.15. The third kappa shape index (κ3) is 2.50. The average Bonchev–Trinajstić information content (AvgIpc) is 2.03. The number of piperidine rings is 1. The average molecular weight is 141 g/mol. The van der Waals surface area contributed by atoms with E-state index in [0.29, 0.717) is 0 Å². The Kier molecular flexibility index (Phi) is 3.47. The van der Waals surface area contributed by atoms with Crippen molar-refractivity contribution < 1.29 is 4.74 Å². The zero-order chi connectivity index (χ0) is 7.23. The Labute approximate surface area is 62.3 Å². The molecule has 0 spiro atoms. The summed E-state index contributed by atoms with van der Waals surface area (Å²) in [5.41, 5.74) is 1.49. The van der Waals surface area contributed by atoms with Gasteiger partial charge < -0.3 is 10.1 Å². The SMILES string of the molecule is COC/C=C1\CCCNC1. The summed E-state index contributed by atoms with van der Waals surface area (Å²) in [6, 6.07) is 0. The van der Waals surface area contributed by atoms with Crippen LogP contribution < -0.4 is 5.32 Å². The van der Waals surface area contributed by atoms with E-state index in [1.165, 1.54) is 25.0 Å². The molecule has 0 amide bonds. The molecule has 1 aliphatic rings. The van der Waals surface area contributed by atoms with E-state index < -0.39 is 0 Å². The molecule has 0 saturated carbocycles. The Bertz CT molecular complexity index is 112. The minimum absolute atomic E-state index is 0.761. The van der Waals surface area contributed by atoms with Crippen molar-refractivity contribution in [2.45, 2.75) is 12.8 Å². The van der Waals surface area contributed by atoms with Crippen LogP contribution in [-0.2, 0) is 4.74 Å². The highest BCUT2D eigenvalue weighted by atomic mass is 16.5. The Morgan fingerprint density at radius 3 is 3.20 bits per heavy atom. The molecule has 1 N–H and O–H groups in total. The quantitative estimate of drug-likeness (QED) is 0.578. The summed E-state index contributed by atoms with van der Waals surface area (Å²) in [6.45, 7) is 2.99. The van der Waals surface area contributed by atoms with Crippen molar-refractivity contribution in [3.05, 3.63) is 11.6 Å². The van der Waals surface area contributed by atoms with Gasteiger partial charge in [0.1, 0.15) is 0 Å². The van der Waals surface area contributed by atoms with Crippen LogP contribution in [0.1, 0.15) is 12.8 Å². The van der Waals surface area contributed by atoms with Crippen LogP contribution in [-0.4, -0.2) is 26.8 Å². The van der Waals surface area contributed by atoms with Gasteiger partial charge in [-0.05, 0) is 19.4 Å². The second-order valence-corrected chi connectivity index (χ2v) is 2.60. The first-order valence-corrected chi connectivity index (χ1v) is 3.81. The fraction of sp³-hybridized carbons (Fsp3) is 0.750. The molecule has 0 aliphatic carbocycles. The highest BCUT2D eigenvalue weighted by Gasteiger charge is 2.02. The van der Waals surface area contributed by atoms with Crippen LogP contribution in [0, 0.1) is 0 Å². The van der Waals surface area contributed by atoms with Gasteiger partial charge in [0, 0.05) is 13.7 Å². The van der Waals surface area contributed by atoms with Crippen molar-refractivity contribution in [3.8, 4) is 0 Å².